The van der Waals surface area contributed by atoms with Crippen LogP contribution >= 0.6 is 11.3 Å². The predicted octanol–water partition coefficient (Wildman–Crippen LogP) is 2.01. The van der Waals surface area contributed by atoms with E-state index in [-0.39, 0.29) is 6.42 Å². The molecule has 1 aliphatic rings. The minimum Gasteiger partial charge on any atom is -0.369 e. The number of amides is 1. The van der Waals surface area contributed by atoms with E-state index in [1.54, 1.807) is 23.0 Å². The third-order valence-electron chi connectivity index (χ3n) is 6.33. The lowest BCUT2D eigenvalue weighted by Crippen LogP contribution is -2.47. The van der Waals surface area contributed by atoms with Gasteiger partial charge in [-0.3, -0.25) is 20.0 Å². The van der Waals surface area contributed by atoms with Gasteiger partial charge in [-0.2, -0.15) is 9.40 Å². The van der Waals surface area contributed by atoms with E-state index >= 15 is 0 Å². The number of sulfonamides is 1. The molecule has 12 nitrogen and oxygen atoms in total. The molecule has 1 aromatic carbocycles. The molecule has 1 saturated heterocycles. The van der Waals surface area contributed by atoms with E-state index in [1.165, 1.54) is 10.6 Å². The zero-order chi connectivity index (χ0) is 26.0. The van der Waals surface area contributed by atoms with Crippen LogP contribution in [0.25, 0.3) is 32.5 Å². The van der Waals surface area contributed by atoms with Crippen molar-refractivity contribution in [3.63, 3.8) is 0 Å². The number of hydroxylamine groups is 1. The van der Waals surface area contributed by atoms with Gasteiger partial charge < -0.3 is 5.32 Å². The third-order valence-corrected chi connectivity index (χ3v) is 8.74. The van der Waals surface area contributed by atoms with Crippen molar-refractivity contribution in [3.8, 4) is 11.4 Å². The van der Waals surface area contributed by atoms with Gasteiger partial charge in [0.05, 0.1) is 28.2 Å². The van der Waals surface area contributed by atoms with Gasteiger partial charge in [0, 0.05) is 61.5 Å². The Hall–Kier alpha value is -3.17. The van der Waals surface area contributed by atoms with E-state index in [1.807, 2.05) is 18.2 Å². The average Bonchev–Trinajstić information content (AvgIpc) is 3.52. The van der Waals surface area contributed by atoms with Crippen molar-refractivity contribution < 1.29 is 18.4 Å². The molecule has 4 aromatic rings. The van der Waals surface area contributed by atoms with Gasteiger partial charge in [0.15, 0.2) is 5.82 Å². The molecular weight excluding hydrogens is 516 g/mol. The van der Waals surface area contributed by atoms with Gasteiger partial charge in [-0.05, 0) is 18.6 Å². The molecule has 0 saturated carbocycles. The van der Waals surface area contributed by atoms with Crippen molar-refractivity contribution in [1.82, 2.24) is 34.9 Å². The molecule has 0 unspecified atom stereocenters. The smallest absolute Gasteiger partial charge is 0.243 e. The van der Waals surface area contributed by atoms with Crippen LogP contribution in [0.4, 0.5) is 5.82 Å². The summed E-state index contributed by atoms with van der Waals surface area (Å²) < 4.78 is 26.1. The molecular formula is C23H28N8O4S2. The third kappa shape index (κ3) is 5.72. The largest absolute Gasteiger partial charge is 0.369 e. The number of fused-ring (bicyclic) bond motifs is 2. The molecule has 4 N–H and O–H groups in total. The summed E-state index contributed by atoms with van der Waals surface area (Å²) in [5, 5.41) is 20.1. The number of rotatable bonds is 9. The maximum absolute atomic E-state index is 11.8. The molecule has 3 aromatic heterocycles. The number of carbonyl (C=O) groups is 1. The van der Waals surface area contributed by atoms with Gasteiger partial charge in [-0.1, -0.05) is 12.1 Å². The highest BCUT2D eigenvalue weighted by Gasteiger charge is 2.24. The standard InChI is InChI=1S/C23H28N8O4S2/c1-37(34,35)31-10-8-30(9-11-31)14-15-12-19-21(36-15)23(24-7-3-6-20(32)29-33)27-22(26-19)16-4-2-5-18-17(16)13-25-28-18/h2,4-5,12-13,33H,3,6-11,14H2,1H3,(H,25,28)(H,29,32)(H,24,26,27). The summed E-state index contributed by atoms with van der Waals surface area (Å²) in [4.78, 5) is 24.5. The van der Waals surface area contributed by atoms with E-state index in [2.05, 4.69) is 26.5 Å². The maximum Gasteiger partial charge on any atom is 0.243 e. The Kier molecular flexibility index (Phi) is 7.35. The van der Waals surface area contributed by atoms with Crippen LogP contribution in [0, 0.1) is 0 Å². The monoisotopic (exact) mass is 544 g/mol. The number of nitrogens with zero attached hydrogens (tertiary/aromatic N) is 5. The molecule has 0 radical (unpaired) electrons. The number of anilines is 1. The average molecular weight is 545 g/mol. The van der Waals surface area contributed by atoms with E-state index in [9.17, 15) is 13.2 Å². The normalized spacial score (nSPS) is 15.4. The minimum atomic E-state index is -3.17. The highest BCUT2D eigenvalue weighted by molar-refractivity contribution is 7.88. The molecule has 37 heavy (non-hydrogen) atoms. The van der Waals surface area contributed by atoms with Crippen molar-refractivity contribution in [2.24, 2.45) is 0 Å². The molecule has 0 spiro atoms. The van der Waals surface area contributed by atoms with Crippen LogP contribution in [0.15, 0.2) is 30.5 Å². The van der Waals surface area contributed by atoms with Crippen molar-refractivity contribution in [2.75, 3.05) is 44.3 Å². The van der Waals surface area contributed by atoms with Crippen LogP contribution in [0.5, 0.6) is 0 Å². The van der Waals surface area contributed by atoms with Crippen LogP contribution in [0.1, 0.15) is 17.7 Å². The Labute approximate surface area is 217 Å². The van der Waals surface area contributed by atoms with Crippen LogP contribution < -0.4 is 10.8 Å². The lowest BCUT2D eigenvalue weighted by Gasteiger charge is -2.32. The summed E-state index contributed by atoms with van der Waals surface area (Å²) in [7, 11) is -3.17. The molecule has 0 aliphatic carbocycles. The number of nitrogens with one attached hydrogen (secondary N) is 3. The van der Waals surface area contributed by atoms with Crippen molar-refractivity contribution >= 4 is 54.2 Å². The lowest BCUT2D eigenvalue weighted by atomic mass is 10.1. The van der Waals surface area contributed by atoms with Crippen LogP contribution in [0.2, 0.25) is 0 Å². The lowest BCUT2D eigenvalue weighted by molar-refractivity contribution is -0.129. The fourth-order valence-corrected chi connectivity index (χ4v) is 6.34. The van der Waals surface area contributed by atoms with Crippen molar-refractivity contribution in [2.45, 2.75) is 19.4 Å². The molecule has 5 rings (SSSR count). The van der Waals surface area contributed by atoms with E-state index < -0.39 is 15.9 Å². The first-order chi connectivity index (χ1) is 17.8. The van der Waals surface area contributed by atoms with Gasteiger partial charge in [0.1, 0.15) is 5.82 Å². The zero-order valence-electron chi connectivity index (χ0n) is 20.3. The summed E-state index contributed by atoms with van der Waals surface area (Å²) in [5.41, 5.74) is 4.22. The van der Waals surface area contributed by atoms with Gasteiger partial charge in [-0.15, -0.1) is 11.3 Å². The number of piperazine rings is 1. The topological polar surface area (TPSA) is 156 Å². The number of H-pyrrole nitrogens is 1. The summed E-state index contributed by atoms with van der Waals surface area (Å²) in [6.45, 7) is 3.49. The van der Waals surface area contributed by atoms with Crippen LogP contribution in [-0.2, 0) is 21.4 Å². The fraction of sp³-hybridized carbons (Fsp3) is 0.391. The Balaban J connectivity index is 1.42. The molecule has 1 fully saturated rings. The first kappa shape index (κ1) is 25.5. The van der Waals surface area contributed by atoms with Crippen molar-refractivity contribution in [1.29, 1.82) is 0 Å². The van der Waals surface area contributed by atoms with Crippen molar-refractivity contribution in [3.05, 3.63) is 35.3 Å². The molecule has 0 atom stereocenters. The zero-order valence-corrected chi connectivity index (χ0v) is 21.9. The van der Waals surface area contributed by atoms with Gasteiger partial charge in [-0.25, -0.2) is 23.9 Å². The molecule has 1 amide bonds. The highest BCUT2D eigenvalue weighted by Crippen LogP contribution is 2.34. The van der Waals surface area contributed by atoms with Gasteiger partial charge >= 0.3 is 0 Å². The van der Waals surface area contributed by atoms with Gasteiger partial charge in [0.2, 0.25) is 15.9 Å². The molecule has 0 bridgehead atoms. The number of hydrogen-bond donors (Lipinski definition) is 4. The first-order valence-electron chi connectivity index (χ1n) is 11.9. The summed E-state index contributed by atoms with van der Waals surface area (Å²) in [6.07, 6.45) is 3.72. The fourth-order valence-electron chi connectivity index (χ4n) is 4.41. The number of carbonyl (C=O) groups excluding carboxylic acids is 1. The number of aromatic amines is 1. The predicted molar refractivity (Wildman–Crippen MR) is 142 cm³/mol. The number of benzene rings is 1. The van der Waals surface area contributed by atoms with Gasteiger partial charge in [0.25, 0.3) is 0 Å². The highest BCUT2D eigenvalue weighted by atomic mass is 32.2. The second kappa shape index (κ2) is 10.7. The minimum absolute atomic E-state index is 0.189. The maximum atomic E-state index is 11.8. The molecule has 1 aliphatic heterocycles. The second-order valence-electron chi connectivity index (χ2n) is 8.96. The summed E-state index contributed by atoms with van der Waals surface area (Å²) >= 11 is 1.60. The van der Waals surface area contributed by atoms with E-state index in [0.29, 0.717) is 57.3 Å². The number of hydrogen-bond acceptors (Lipinski definition) is 10. The Morgan fingerprint density at radius 2 is 2.03 bits per heavy atom. The molecule has 196 valence electrons. The number of aromatic nitrogens is 4. The second-order valence-corrected chi connectivity index (χ2v) is 12.1. The summed E-state index contributed by atoms with van der Waals surface area (Å²) in [6, 6.07) is 7.90. The summed E-state index contributed by atoms with van der Waals surface area (Å²) in [5.74, 6) is 0.820. The quantitative estimate of drug-likeness (QED) is 0.141. The SMILES string of the molecule is CS(=O)(=O)N1CCN(Cc2cc3nc(-c4cccc5[nH]ncc45)nc(NCCCC(=O)NO)c3s2)CC1. The van der Waals surface area contributed by atoms with E-state index in [0.717, 1.165) is 31.6 Å². The van der Waals surface area contributed by atoms with Crippen LogP contribution in [-0.4, -0.2) is 87.9 Å². The van der Waals surface area contributed by atoms with E-state index in [4.69, 9.17) is 15.2 Å². The Bertz CT molecular complexity index is 1530. The molecule has 14 heteroatoms. The Morgan fingerprint density at radius 1 is 1.22 bits per heavy atom. The van der Waals surface area contributed by atoms with Crippen LogP contribution in [0.3, 0.4) is 0 Å². The first-order valence-corrected chi connectivity index (χ1v) is 14.6. The number of thiophene rings is 1. The molecule has 4 heterocycles. The Morgan fingerprint density at radius 3 is 2.78 bits per heavy atom.